The number of fused-ring (bicyclic) bond motifs is 6. The highest BCUT2D eigenvalue weighted by atomic mass is 33.1. The molecule has 0 radical (unpaired) electrons. The number of nitrogens with zero attached hydrogens (tertiary/aromatic N) is 2. The number of carbonyl (C=O) groups excluding carboxylic acids is 5. The third-order valence-electron chi connectivity index (χ3n) is 14.9. The van der Waals surface area contributed by atoms with Gasteiger partial charge in [-0.1, -0.05) is 60.1 Å². The number of carboxylic acids is 2. The molecular formula is C49H59N5O14S3. The van der Waals surface area contributed by atoms with E-state index in [1.807, 2.05) is 30.9 Å². The molecular weight excluding hydrogens is 979 g/mol. The van der Waals surface area contributed by atoms with Crippen LogP contribution in [0.2, 0.25) is 0 Å². The van der Waals surface area contributed by atoms with Crippen LogP contribution >= 0.6 is 32.9 Å². The van der Waals surface area contributed by atoms with E-state index in [9.17, 15) is 58.8 Å². The van der Waals surface area contributed by atoms with Crippen molar-refractivity contribution in [3.05, 3.63) is 80.8 Å². The van der Waals surface area contributed by atoms with E-state index in [0.717, 1.165) is 44.1 Å². The van der Waals surface area contributed by atoms with Crippen molar-refractivity contribution >= 4 is 90.3 Å². The molecule has 3 fully saturated rings. The Morgan fingerprint density at radius 3 is 2.51 bits per heavy atom. The average Bonchev–Trinajstić information content (AvgIpc) is 3.89. The number of ketones is 2. The highest BCUT2D eigenvalue weighted by molar-refractivity contribution is 8.76. The molecule has 2 amide bonds. The van der Waals surface area contributed by atoms with Gasteiger partial charge in [-0.05, 0) is 98.8 Å². The maximum absolute atomic E-state index is 13.8. The Bertz CT molecular complexity index is 2720. The number of benzene rings is 1. The number of hydrogen-bond donors (Lipinski definition) is 7. The molecule has 3 saturated carbocycles. The van der Waals surface area contributed by atoms with Crippen molar-refractivity contribution in [2.75, 3.05) is 36.7 Å². The number of carbonyl (C=O) groups is 7. The van der Waals surface area contributed by atoms with Gasteiger partial charge in [0.2, 0.25) is 11.7 Å². The molecule has 382 valence electrons. The Balaban J connectivity index is 0.804. The largest absolute Gasteiger partial charge is 0.508 e. The van der Waals surface area contributed by atoms with Crippen LogP contribution in [0.3, 0.4) is 0 Å². The van der Waals surface area contributed by atoms with Crippen molar-refractivity contribution < 1.29 is 63.5 Å². The first-order chi connectivity index (χ1) is 33.5. The highest BCUT2D eigenvalue weighted by Crippen LogP contribution is 2.68. The maximum Gasteiger partial charge on any atom is 0.508 e. The summed E-state index contributed by atoms with van der Waals surface area (Å²) in [5.41, 5.74) is -1.24. The first-order valence-corrected chi connectivity index (χ1v) is 26.6. The minimum absolute atomic E-state index is 0.00973. The van der Waals surface area contributed by atoms with E-state index in [-0.39, 0.29) is 64.9 Å². The fourth-order valence-corrected chi connectivity index (χ4v) is 14.3. The van der Waals surface area contributed by atoms with Crippen LogP contribution in [-0.2, 0) is 40.0 Å². The average molecular weight is 1040 g/mol. The van der Waals surface area contributed by atoms with E-state index >= 15 is 0 Å². The molecule has 0 bridgehead atoms. The molecule has 0 spiro atoms. The van der Waals surface area contributed by atoms with Crippen LogP contribution in [0.4, 0.5) is 9.80 Å². The Morgan fingerprint density at radius 1 is 1.03 bits per heavy atom. The normalized spacial score (nSPS) is 27.3. The minimum Gasteiger partial charge on any atom is -0.480 e. The van der Waals surface area contributed by atoms with E-state index in [1.165, 1.54) is 0 Å². The lowest BCUT2D eigenvalue weighted by atomic mass is 9.46. The second kappa shape index (κ2) is 21.7. The lowest BCUT2D eigenvalue weighted by molar-refractivity contribution is -0.184. The SMILES string of the molecule is Cc1nc(=O)c2cc(CN(C)c3ccc(C(=O)NC(CCC(=O)NC(CSSCCOC(=O)OCC(=O)C4(O)C(C)CC5C6CCC7=CC(=O)C=CC7(C)C6C(O)CC54C)C(=O)O)C(=O)O)s3)ccc2[nH]1. The van der Waals surface area contributed by atoms with Gasteiger partial charge in [0.15, 0.2) is 12.4 Å². The van der Waals surface area contributed by atoms with E-state index < -0.39 is 89.3 Å². The van der Waals surface area contributed by atoms with Crippen molar-refractivity contribution in [1.82, 2.24) is 20.6 Å². The predicted molar refractivity (Wildman–Crippen MR) is 266 cm³/mol. The Morgan fingerprint density at radius 2 is 1.77 bits per heavy atom. The molecule has 2 heterocycles. The van der Waals surface area contributed by atoms with Crippen molar-refractivity contribution in [1.29, 1.82) is 0 Å². The summed E-state index contributed by atoms with van der Waals surface area (Å²) in [5.74, 6) is -5.08. The lowest BCUT2D eigenvalue weighted by Gasteiger charge is -2.59. The molecule has 1 aromatic carbocycles. The van der Waals surface area contributed by atoms with Gasteiger partial charge in [-0.25, -0.2) is 14.4 Å². The first-order valence-electron chi connectivity index (χ1n) is 23.3. The molecule has 3 aromatic rings. The summed E-state index contributed by atoms with van der Waals surface area (Å²) in [6, 6.07) is 5.86. The molecule has 7 N–H and O–H groups in total. The second-order valence-corrected chi connectivity index (χ2v) is 23.1. The number of ether oxygens (including phenoxy) is 2. The number of aryl methyl sites for hydroxylation is 1. The van der Waals surface area contributed by atoms with Crippen molar-refractivity contribution in [3.8, 4) is 0 Å². The molecule has 0 saturated heterocycles. The van der Waals surface area contributed by atoms with Crippen LogP contribution in [0.5, 0.6) is 0 Å². The third kappa shape index (κ3) is 11.1. The van der Waals surface area contributed by atoms with Crippen LogP contribution in [0.25, 0.3) is 10.9 Å². The molecule has 4 aliphatic carbocycles. The molecule has 2 aromatic heterocycles. The summed E-state index contributed by atoms with van der Waals surface area (Å²) in [6.45, 7) is 6.86. The number of aromatic nitrogens is 2. The maximum atomic E-state index is 13.8. The van der Waals surface area contributed by atoms with E-state index in [1.54, 1.807) is 57.3 Å². The van der Waals surface area contributed by atoms with Gasteiger partial charge < -0.3 is 50.4 Å². The molecule has 22 heteroatoms. The summed E-state index contributed by atoms with van der Waals surface area (Å²) >= 11 is 1.12. The molecule has 19 nitrogen and oxygen atoms in total. The summed E-state index contributed by atoms with van der Waals surface area (Å²) in [6.07, 6.45) is 4.48. The van der Waals surface area contributed by atoms with E-state index in [4.69, 9.17) is 9.47 Å². The van der Waals surface area contributed by atoms with E-state index in [0.29, 0.717) is 47.5 Å². The van der Waals surface area contributed by atoms with Crippen molar-refractivity contribution in [2.24, 2.45) is 34.5 Å². The van der Waals surface area contributed by atoms with E-state index in [2.05, 4.69) is 20.6 Å². The fourth-order valence-electron chi connectivity index (χ4n) is 11.5. The minimum atomic E-state index is -1.88. The predicted octanol–water partition coefficient (Wildman–Crippen LogP) is 4.82. The van der Waals surface area contributed by atoms with Crippen molar-refractivity contribution in [2.45, 2.75) is 96.6 Å². The van der Waals surface area contributed by atoms with Gasteiger partial charge in [0, 0.05) is 48.3 Å². The number of thiophene rings is 1. The number of aliphatic hydroxyl groups is 2. The number of anilines is 1. The highest BCUT2D eigenvalue weighted by Gasteiger charge is 2.70. The molecule has 71 heavy (non-hydrogen) atoms. The Kier molecular flexibility index (Phi) is 16.2. The number of aliphatic carboxylic acids is 2. The summed E-state index contributed by atoms with van der Waals surface area (Å²) in [5, 5.41) is 49.4. The number of rotatable bonds is 20. The fraction of sp³-hybridized carbons (Fsp3) is 0.531. The third-order valence-corrected chi connectivity index (χ3v) is 18.5. The summed E-state index contributed by atoms with van der Waals surface area (Å²) in [7, 11) is 4.02. The van der Waals surface area contributed by atoms with Crippen LogP contribution < -0.4 is 21.1 Å². The number of nitrogens with one attached hydrogen (secondary N) is 3. The molecule has 10 unspecified atom stereocenters. The van der Waals surface area contributed by atoms with Gasteiger partial charge in [-0.3, -0.25) is 24.0 Å². The zero-order valence-corrected chi connectivity index (χ0v) is 42.4. The summed E-state index contributed by atoms with van der Waals surface area (Å²) in [4.78, 5) is 110. The monoisotopic (exact) mass is 1040 g/mol. The number of aliphatic hydroxyl groups excluding tert-OH is 1. The van der Waals surface area contributed by atoms with Crippen LogP contribution in [0.15, 0.2) is 58.9 Å². The zero-order chi connectivity index (χ0) is 51.6. The topological polar surface area (TPSA) is 292 Å². The van der Waals surface area contributed by atoms with Gasteiger partial charge in [-0.15, -0.1) is 11.3 Å². The number of hydrogen-bond acceptors (Lipinski definition) is 17. The molecule has 0 aliphatic heterocycles. The lowest BCUT2D eigenvalue weighted by Crippen LogP contribution is -2.62. The number of amides is 2. The van der Waals surface area contributed by atoms with Crippen molar-refractivity contribution in [3.63, 3.8) is 0 Å². The molecule has 4 aliphatic rings. The van der Waals surface area contributed by atoms with Gasteiger partial charge >= 0.3 is 18.1 Å². The summed E-state index contributed by atoms with van der Waals surface area (Å²) < 4.78 is 10.3. The standard InChI is InChI=1S/C49H59N5O14S3/c1-25-18-32-30-8-7-28-20-29(55)14-15-47(28,3)41(30)36(56)21-48(32,4)49(25,66)38(57)23-68-46(65)67-16-17-69-70-24-35(45(63)64)52-39(58)12-10-34(44(61)62)53-43(60)37-11-13-40(71-37)54(5)22-27-6-9-33-31(19-27)42(59)51-26(2)50-33/h6,9,11,13-15,19-20,25,30,32,34-36,41,56,66H,7-8,10,12,16-18,21-24H2,1-5H3,(H,52,58)(H,53,60)(H,61,62)(H,63,64)(H,50,51,59). The van der Waals surface area contributed by atoms with Gasteiger partial charge in [0.1, 0.15) is 30.1 Å². The molecule has 10 atom stereocenters. The first kappa shape index (κ1) is 53.3. The van der Waals surface area contributed by atoms with Gasteiger partial charge in [0.05, 0.1) is 26.9 Å². The quantitative estimate of drug-likeness (QED) is 0.0453. The smallest absolute Gasteiger partial charge is 0.480 e. The zero-order valence-electron chi connectivity index (χ0n) is 39.9. The number of Topliss-reactive ketones (excluding diaryl/α,β-unsaturated/α-hetero) is 1. The number of H-pyrrole nitrogens is 1. The van der Waals surface area contributed by atoms with Gasteiger partial charge in [-0.2, -0.15) is 4.98 Å². The van der Waals surface area contributed by atoms with Crippen LogP contribution in [0, 0.1) is 41.4 Å². The second-order valence-electron chi connectivity index (χ2n) is 19.4. The number of aromatic amines is 1. The number of allylic oxidation sites excluding steroid dienone is 4. The van der Waals surface area contributed by atoms with Gasteiger partial charge in [0.25, 0.3) is 11.5 Å². The Labute approximate surface area is 421 Å². The van der Waals surface area contributed by atoms with Crippen LogP contribution in [0.1, 0.15) is 80.4 Å². The Hall–Kier alpha value is -5.55. The van der Waals surface area contributed by atoms with Crippen LogP contribution in [-0.4, -0.2) is 127 Å². The molecule has 7 rings (SSSR count). The number of carboxylic acid groups (broad SMARTS) is 2.